The Morgan fingerprint density at radius 3 is 2.79 bits per heavy atom. The van der Waals surface area contributed by atoms with E-state index in [4.69, 9.17) is 16.3 Å². The number of hydrogen-bond donors (Lipinski definition) is 2. The number of carbonyl (C=O) groups is 1. The Balaban J connectivity index is 1.67. The first-order valence-electron chi connectivity index (χ1n) is 7.95. The number of rotatable bonds is 4. The highest BCUT2D eigenvalue weighted by molar-refractivity contribution is 6.33. The molecule has 0 bridgehead atoms. The fourth-order valence-electron chi connectivity index (χ4n) is 2.75. The molecule has 6 heteroatoms. The van der Waals surface area contributed by atoms with E-state index in [0.717, 1.165) is 35.3 Å². The lowest BCUT2D eigenvalue weighted by molar-refractivity contribution is -0.124. The molecule has 0 radical (unpaired) electrons. The number of benzene rings is 1. The zero-order chi connectivity index (χ0) is 17.1. The molecule has 3 rings (SSSR count). The van der Waals surface area contributed by atoms with Gasteiger partial charge in [0.2, 0.25) is 0 Å². The lowest BCUT2D eigenvalue weighted by atomic mass is 10.1. The van der Waals surface area contributed by atoms with Gasteiger partial charge in [-0.2, -0.15) is 0 Å². The van der Waals surface area contributed by atoms with Crippen molar-refractivity contribution in [2.24, 2.45) is 0 Å². The van der Waals surface area contributed by atoms with Crippen molar-refractivity contribution in [3.8, 4) is 0 Å². The summed E-state index contributed by atoms with van der Waals surface area (Å²) in [4.78, 5) is 16.3. The second kappa shape index (κ2) is 7.20. The smallest absolute Gasteiger partial charge is 0.254 e. The van der Waals surface area contributed by atoms with E-state index in [1.807, 2.05) is 26.0 Å². The monoisotopic (exact) mass is 345 g/mol. The molecule has 0 saturated carbocycles. The molecule has 1 atom stereocenters. The number of carbonyl (C=O) groups excluding carboxylic acids is 1. The predicted molar refractivity (Wildman–Crippen MR) is 96.0 cm³/mol. The van der Waals surface area contributed by atoms with E-state index in [1.54, 1.807) is 12.3 Å². The molecule has 1 aromatic carbocycles. The van der Waals surface area contributed by atoms with Crippen molar-refractivity contribution in [3.63, 3.8) is 0 Å². The Hall–Kier alpha value is -2.11. The zero-order valence-corrected chi connectivity index (χ0v) is 14.5. The second-order valence-corrected chi connectivity index (χ2v) is 6.39. The molecule has 1 fully saturated rings. The maximum atomic E-state index is 12.0. The maximum Gasteiger partial charge on any atom is 0.254 e. The van der Waals surface area contributed by atoms with E-state index in [2.05, 4.69) is 21.7 Å². The molecular formula is C18H20ClN3O2. The molecule has 2 aromatic rings. The topological polar surface area (TPSA) is 63.2 Å². The van der Waals surface area contributed by atoms with Gasteiger partial charge in [-0.25, -0.2) is 4.98 Å². The van der Waals surface area contributed by atoms with Crippen molar-refractivity contribution in [1.82, 2.24) is 4.98 Å². The second-order valence-electron chi connectivity index (χ2n) is 5.99. The molecule has 1 unspecified atom stereocenters. The summed E-state index contributed by atoms with van der Waals surface area (Å²) in [6.07, 6.45) is 2.99. The largest absolute Gasteiger partial charge is 0.368 e. The normalized spacial score (nSPS) is 16.9. The average molecular weight is 346 g/mol. The van der Waals surface area contributed by atoms with E-state index < -0.39 is 0 Å². The highest BCUT2D eigenvalue weighted by Crippen LogP contribution is 2.30. The van der Waals surface area contributed by atoms with Gasteiger partial charge < -0.3 is 15.4 Å². The summed E-state index contributed by atoms with van der Waals surface area (Å²) in [5, 5.41) is 6.72. The van der Waals surface area contributed by atoms with Crippen molar-refractivity contribution in [3.05, 3.63) is 46.6 Å². The lowest BCUT2D eigenvalue weighted by Crippen LogP contribution is -2.27. The molecule has 0 spiro atoms. The van der Waals surface area contributed by atoms with Crippen LogP contribution in [0.15, 0.2) is 30.5 Å². The van der Waals surface area contributed by atoms with Crippen LogP contribution < -0.4 is 10.6 Å². The molecule has 126 valence electrons. The Bertz CT molecular complexity index is 717. The third kappa shape index (κ3) is 3.86. The summed E-state index contributed by atoms with van der Waals surface area (Å²) in [5.41, 5.74) is 3.85. The van der Waals surface area contributed by atoms with Gasteiger partial charge in [0.25, 0.3) is 5.91 Å². The Labute approximate surface area is 146 Å². The van der Waals surface area contributed by atoms with Crippen LogP contribution in [-0.4, -0.2) is 23.6 Å². The van der Waals surface area contributed by atoms with Crippen LogP contribution in [0.5, 0.6) is 0 Å². The highest BCUT2D eigenvalue weighted by Gasteiger charge is 2.23. The fourth-order valence-corrected chi connectivity index (χ4v) is 3.12. The summed E-state index contributed by atoms with van der Waals surface area (Å²) < 4.78 is 5.36. The van der Waals surface area contributed by atoms with Crippen molar-refractivity contribution in [2.75, 3.05) is 17.2 Å². The minimum Gasteiger partial charge on any atom is -0.368 e. The Morgan fingerprint density at radius 1 is 1.33 bits per heavy atom. The zero-order valence-electron chi connectivity index (χ0n) is 13.7. The number of anilines is 3. The van der Waals surface area contributed by atoms with E-state index in [9.17, 15) is 4.79 Å². The van der Waals surface area contributed by atoms with Gasteiger partial charge in [-0.15, -0.1) is 0 Å². The van der Waals surface area contributed by atoms with E-state index in [1.165, 1.54) is 0 Å². The van der Waals surface area contributed by atoms with Crippen LogP contribution in [0.2, 0.25) is 5.02 Å². The Kier molecular flexibility index (Phi) is 5.02. The molecule has 2 N–H and O–H groups in total. The van der Waals surface area contributed by atoms with Crippen LogP contribution >= 0.6 is 11.6 Å². The number of pyridine rings is 1. The molecule has 1 aliphatic rings. The number of hydrogen-bond acceptors (Lipinski definition) is 4. The van der Waals surface area contributed by atoms with Crippen molar-refractivity contribution in [1.29, 1.82) is 0 Å². The number of halogens is 1. The summed E-state index contributed by atoms with van der Waals surface area (Å²) in [7, 11) is 0. The van der Waals surface area contributed by atoms with Gasteiger partial charge in [-0.3, -0.25) is 4.79 Å². The predicted octanol–water partition coefficient (Wildman–Crippen LogP) is 4.21. The minimum atomic E-state index is -0.362. The van der Waals surface area contributed by atoms with Crippen LogP contribution in [0.25, 0.3) is 0 Å². The molecule has 0 aliphatic carbocycles. The third-order valence-electron chi connectivity index (χ3n) is 3.94. The number of amides is 1. The van der Waals surface area contributed by atoms with Crippen molar-refractivity contribution in [2.45, 2.75) is 32.8 Å². The number of nitrogens with one attached hydrogen (secondary N) is 2. The van der Waals surface area contributed by atoms with Crippen LogP contribution in [-0.2, 0) is 9.53 Å². The van der Waals surface area contributed by atoms with Gasteiger partial charge in [-0.1, -0.05) is 17.7 Å². The summed E-state index contributed by atoms with van der Waals surface area (Å²) >= 11 is 6.30. The maximum absolute atomic E-state index is 12.0. The quantitative estimate of drug-likeness (QED) is 0.871. The first-order valence-corrected chi connectivity index (χ1v) is 8.33. The standard InChI is InChI=1S/C18H20ClN3O2/c1-11-8-12(2)17(14(19)9-11)21-13-5-6-16(20-10-13)22-18(23)15-4-3-7-24-15/h5-6,8-10,15,21H,3-4,7H2,1-2H3,(H,20,22,23). The number of ether oxygens (including phenoxy) is 1. The molecular weight excluding hydrogens is 326 g/mol. The van der Waals surface area contributed by atoms with Crippen LogP contribution in [0.4, 0.5) is 17.2 Å². The molecule has 24 heavy (non-hydrogen) atoms. The van der Waals surface area contributed by atoms with Crippen molar-refractivity contribution < 1.29 is 9.53 Å². The summed E-state index contributed by atoms with van der Waals surface area (Å²) in [6, 6.07) is 7.60. The molecule has 2 heterocycles. The van der Waals surface area contributed by atoms with E-state index in [-0.39, 0.29) is 12.0 Å². The van der Waals surface area contributed by atoms with Crippen LogP contribution in [0.3, 0.4) is 0 Å². The van der Waals surface area contributed by atoms with Crippen LogP contribution in [0, 0.1) is 13.8 Å². The van der Waals surface area contributed by atoms with Gasteiger partial charge >= 0.3 is 0 Å². The van der Waals surface area contributed by atoms with Gasteiger partial charge in [-0.05, 0) is 56.0 Å². The average Bonchev–Trinajstić information content (AvgIpc) is 3.07. The van der Waals surface area contributed by atoms with E-state index >= 15 is 0 Å². The molecule has 1 aromatic heterocycles. The molecule has 1 saturated heterocycles. The lowest BCUT2D eigenvalue weighted by Gasteiger charge is -2.13. The highest BCUT2D eigenvalue weighted by atomic mass is 35.5. The SMILES string of the molecule is Cc1cc(C)c(Nc2ccc(NC(=O)C3CCCO3)nc2)c(Cl)c1. The van der Waals surface area contributed by atoms with Crippen LogP contribution in [0.1, 0.15) is 24.0 Å². The van der Waals surface area contributed by atoms with Gasteiger partial charge in [0, 0.05) is 6.61 Å². The fraction of sp³-hybridized carbons (Fsp3) is 0.333. The number of aryl methyl sites for hydroxylation is 2. The molecule has 5 nitrogen and oxygen atoms in total. The Morgan fingerprint density at radius 2 is 2.17 bits per heavy atom. The minimum absolute atomic E-state index is 0.141. The molecule has 1 amide bonds. The van der Waals surface area contributed by atoms with Gasteiger partial charge in [0.1, 0.15) is 11.9 Å². The van der Waals surface area contributed by atoms with Gasteiger partial charge in [0.05, 0.1) is 22.6 Å². The summed E-state index contributed by atoms with van der Waals surface area (Å²) in [5.74, 6) is 0.367. The first kappa shape index (κ1) is 16.7. The van der Waals surface area contributed by atoms with Crippen molar-refractivity contribution >= 4 is 34.7 Å². The summed E-state index contributed by atoms with van der Waals surface area (Å²) in [6.45, 7) is 4.66. The third-order valence-corrected chi connectivity index (χ3v) is 4.24. The number of nitrogens with zero attached hydrogens (tertiary/aromatic N) is 1. The van der Waals surface area contributed by atoms with E-state index in [0.29, 0.717) is 17.4 Å². The molecule has 1 aliphatic heterocycles. The number of aromatic nitrogens is 1. The van der Waals surface area contributed by atoms with Gasteiger partial charge in [0.15, 0.2) is 0 Å². The first-order chi connectivity index (χ1) is 11.5.